The molecule has 1 heterocycles. The maximum Gasteiger partial charge on any atom is 0.0834 e. The highest BCUT2D eigenvalue weighted by Crippen LogP contribution is 2.25. The molecule has 0 aliphatic carbocycles. The highest BCUT2D eigenvalue weighted by molar-refractivity contribution is 9.10. The Kier molecular flexibility index (Phi) is 4.40. The Hall–Kier alpha value is -0.880. The van der Waals surface area contributed by atoms with Crippen molar-refractivity contribution in [3.8, 4) is 0 Å². The number of nitrogens with zero attached hydrogens (tertiary/aromatic N) is 2. The van der Waals surface area contributed by atoms with Gasteiger partial charge in [-0.15, -0.1) is 0 Å². The van der Waals surface area contributed by atoms with Crippen molar-refractivity contribution < 1.29 is 0 Å². The average molecular weight is 330 g/mol. The lowest BCUT2D eigenvalue weighted by atomic mass is 10.0. The summed E-state index contributed by atoms with van der Waals surface area (Å²) in [4.78, 5) is 0. The van der Waals surface area contributed by atoms with Gasteiger partial charge in [0.15, 0.2) is 0 Å². The molecule has 0 aliphatic rings. The zero-order chi connectivity index (χ0) is 13.1. The average Bonchev–Trinajstić information content (AvgIpc) is 2.67. The van der Waals surface area contributed by atoms with Crippen molar-refractivity contribution in [2.75, 3.05) is 0 Å². The number of halogens is 2. The Morgan fingerprint density at radius 3 is 2.89 bits per heavy atom. The molecule has 0 saturated carbocycles. The number of benzene rings is 1. The predicted molar refractivity (Wildman–Crippen MR) is 76.1 cm³/mol. The lowest BCUT2D eigenvalue weighted by molar-refractivity contribution is 0.508. The first-order valence-corrected chi connectivity index (χ1v) is 6.67. The van der Waals surface area contributed by atoms with Gasteiger partial charge in [0.2, 0.25) is 0 Å². The van der Waals surface area contributed by atoms with Gasteiger partial charge in [0.05, 0.1) is 23.0 Å². The van der Waals surface area contributed by atoms with Gasteiger partial charge in [0, 0.05) is 11.5 Å². The first kappa shape index (κ1) is 13.5. The number of aryl methyl sites for hydroxylation is 1. The Morgan fingerprint density at radius 2 is 2.33 bits per heavy atom. The molecule has 96 valence electrons. The highest BCUT2D eigenvalue weighted by Gasteiger charge is 2.18. The van der Waals surface area contributed by atoms with E-state index in [1.807, 2.05) is 19.2 Å². The van der Waals surface area contributed by atoms with Crippen molar-refractivity contribution in [1.82, 2.24) is 15.2 Å². The SMILES string of the molecule is Cn1ncc(Cl)c1C(Cc1cccc(Br)c1)NN. The maximum atomic E-state index is 6.13. The normalized spacial score (nSPS) is 12.7. The van der Waals surface area contributed by atoms with Crippen LogP contribution in [0, 0.1) is 0 Å². The fraction of sp³-hybridized carbons (Fsp3) is 0.250. The van der Waals surface area contributed by atoms with Crippen molar-refractivity contribution in [1.29, 1.82) is 0 Å². The second-order valence-electron chi connectivity index (χ2n) is 4.05. The molecule has 1 aromatic heterocycles. The Morgan fingerprint density at radius 1 is 1.56 bits per heavy atom. The van der Waals surface area contributed by atoms with E-state index in [1.54, 1.807) is 10.9 Å². The second-order valence-corrected chi connectivity index (χ2v) is 5.38. The molecule has 0 spiro atoms. The summed E-state index contributed by atoms with van der Waals surface area (Å²) < 4.78 is 2.79. The van der Waals surface area contributed by atoms with Gasteiger partial charge >= 0.3 is 0 Å². The van der Waals surface area contributed by atoms with E-state index in [2.05, 4.69) is 38.6 Å². The highest BCUT2D eigenvalue weighted by atomic mass is 79.9. The number of hydrazine groups is 1. The summed E-state index contributed by atoms with van der Waals surface area (Å²) in [5.74, 6) is 5.63. The Bertz CT molecular complexity index is 521. The van der Waals surface area contributed by atoms with E-state index in [0.29, 0.717) is 5.02 Å². The molecule has 0 amide bonds. The summed E-state index contributed by atoms with van der Waals surface area (Å²) in [6.07, 6.45) is 2.37. The lowest BCUT2D eigenvalue weighted by Gasteiger charge is -2.17. The zero-order valence-electron chi connectivity index (χ0n) is 9.90. The number of nitrogens with two attached hydrogens (primary N) is 1. The largest absolute Gasteiger partial charge is 0.271 e. The molecule has 2 rings (SSSR count). The van der Waals surface area contributed by atoms with Crippen molar-refractivity contribution in [2.45, 2.75) is 12.5 Å². The third-order valence-corrected chi connectivity index (χ3v) is 3.58. The third-order valence-electron chi connectivity index (χ3n) is 2.80. The van der Waals surface area contributed by atoms with E-state index < -0.39 is 0 Å². The van der Waals surface area contributed by atoms with Crippen LogP contribution in [0.5, 0.6) is 0 Å². The van der Waals surface area contributed by atoms with E-state index >= 15 is 0 Å². The van der Waals surface area contributed by atoms with Crippen molar-refractivity contribution >= 4 is 27.5 Å². The van der Waals surface area contributed by atoms with Crippen molar-refractivity contribution in [3.63, 3.8) is 0 Å². The number of nitrogens with one attached hydrogen (secondary N) is 1. The zero-order valence-corrected chi connectivity index (χ0v) is 12.2. The van der Waals surface area contributed by atoms with Crippen LogP contribution in [0.3, 0.4) is 0 Å². The summed E-state index contributed by atoms with van der Waals surface area (Å²) in [7, 11) is 1.85. The molecule has 18 heavy (non-hydrogen) atoms. The van der Waals surface area contributed by atoms with Gasteiger partial charge in [-0.2, -0.15) is 5.10 Å². The van der Waals surface area contributed by atoms with Crippen LogP contribution >= 0.6 is 27.5 Å². The molecule has 6 heteroatoms. The molecule has 0 saturated heterocycles. The van der Waals surface area contributed by atoms with Gasteiger partial charge in [-0.3, -0.25) is 16.0 Å². The summed E-state index contributed by atoms with van der Waals surface area (Å²) >= 11 is 9.58. The fourth-order valence-electron chi connectivity index (χ4n) is 1.95. The van der Waals surface area contributed by atoms with Crippen LogP contribution < -0.4 is 11.3 Å². The molecule has 0 radical (unpaired) electrons. The topological polar surface area (TPSA) is 55.9 Å². The van der Waals surface area contributed by atoms with Gasteiger partial charge in [0.25, 0.3) is 0 Å². The minimum absolute atomic E-state index is 0.0701. The molecule has 0 fully saturated rings. The minimum Gasteiger partial charge on any atom is -0.271 e. The molecule has 4 nitrogen and oxygen atoms in total. The minimum atomic E-state index is -0.0701. The summed E-state index contributed by atoms with van der Waals surface area (Å²) in [6, 6.07) is 8.04. The van der Waals surface area contributed by atoms with E-state index in [1.165, 1.54) is 5.56 Å². The van der Waals surface area contributed by atoms with E-state index in [0.717, 1.165) is 16.6 Å². The van der Waals surface area contributed by atoms with Crippen LogP contribution in [0.1, 0.15) is 17.3 Å². The second kappa shape index (κ2) is 5.84. The molecule has 2 aromatic rings. The molecule has 0 aliphatic heterocycles. The summed E-state index contributed by atoms with van der Waals surface area (Å²) in [6.45, 7) is 0. The van der Waals surface area contributed by atoms with E-state index in [-0.39, 0.29) is 6.04 Å². The van der Waals surface area contributed by atoms with E-state index in [4.69, 9.17) is 17.4 Å². The van der Waals surface area contributed by atoms with Crippen LogP contribution in [0.15, 0.2) is 34.9 Å². The number of rotatable bonds is 4. The number of aromatic nitrogens is 2. The van der Waals surface area contributed by atoms with Crippen LogP contribution in [-0.2, 0) is 13.5 Å². The predicted octanol–water partition coefficient (Wildman–Crippen LogP) is 2.58. The summed E-state index contributed by atoms with van der Waals surface area (Å²) in [5, 5.41) is 4.74. The van der Waals surface area contributed by atoms with Gasteiger partial charge in [-0.25, -0.2) is 0 Å². The van der Waals surface area contributed by atoms with Crippen molar-refractivity contribution in [3.05, 3.63) is 51.2 Å². The van der Waals surface area contributed by atoms with Crippen LogP contribution in [0.2, 0.25) is 5.02 Å². The monoisotopic (exact) mass is 328 g/mol. The van der Waals surface area contributed by atoms with Crippen molar-refractivity contribution in [2.24, 2.45) is 12.9 Å². The maximum absolute atomic E-state index is 6.13. The lowest BCUT2D eigenvalue weighted by Crippen LogP contribution is -2.31. The Labute approximate surface area is 119 Å². The van der Waals surface area contributed by atoms with Crippen LogP contribution in [0.25, 0.3) is 0 Å². The third kappa shape index (κ3) is 2.92. The van der Waals surface area contributed by atoms with Gasteiger partial charge in [-0.05, 0) is 24.1 Å². The number of hydrogen-bond acceptors (Lipinski definition) is 3. The first-order chi connectivity index (χ1) is 8.61. The van der Waals surface area contributed by atoms with Gasteiger partial charge < -0.3 is 0 Å². The Balaban J connectivity index is 2.25. The quantitative estimate of drug-likeness (QED) is 0.669. The van der Waals surface area contributed by atoms with Gasteiger partial charge in [0.1, 0.15) is 0 Å². The van der Waals surface area contributed by atoms with Crippen LogP contribution in [0.4, 0.5) is 0 Å². The molecule has 1 aromatic carbocycles. The fourth-order valence-corrected chi connectivity index (χ4v) is 2.69. The smallest absolute Gasteiger partial charge is 0.0834 e. The first-order valence-electron chi connectivity index (χ1n) is 5.49. The van der Waals surface area contributed by atoms with E-state index in [9.17, 15) is 0 Å². The molecule has 0 bridgehead atoms. The summed E-state index contributed by atoms with van der Waals surface area (Å²) in [5.41, 5.74) is 4.85. The standard InChI is InChI=1S/C12H14BrClN4/c1-18-12(10(14)7-16-18)11(17-15)6-8-3-2-4-9(13)5-8/h2-5,7,11,17H,6,15H2,1H3. The molecular formula is C12H14BrClN4. The molecule has 1 unspecified atom stereocenters. The molecule has 3 N–H and O–H groups in total. The molecular weight excluding hydrogens is 316 g/mol. The van der Waals surface area contributed by atoms with Crippen LogP contribution in [-0.4, -0.2) is 9.78 Å². The molecule has 1 atom stereocenters. The number of hydrogen-bond donors (Lipinski definition) is 2. The van der Waals surface area contributed by atoms with Gasteiger partial charge in [-0.1, -0.05) is 39.7 Å².